The molecule has 0 aromatic heterocycles. The first-order valence-corrected chi connectivity index (χ1v) is 8.54. The van der Waals surface area contributed by atoms with Gasteiger partial charge in [0.05, 0.1) is 18.2 Å². The number of methoxy groups -OCH3 is 1. The number of carbonyl (C=O) groups excluding carboxylic acids is 1. The lowest BCUT2D eigenvalue weighted by molar-refractivity contribution is 0.0893. The first-order chi connectivity index (χ1) is 12.4. The molecule has 0 heterocycles. The molecule has 2 aromatic carbocycles. The molecule has 3 rings (SSSR count). The fraction of sp³-hybridized carbons (Fsp3) is 0.350. The Labute approximate surface area is 151 Å². The number of hydrogen-bond acceptors (Lipinski definition) is 3. The number of nitrogens with two attached hydrogens (primary N) is 1. The monoisotopic (exact) mass is 360 g/mol. The standard InChI is InChI=1S/C20H22F2N2O2/c1-20(11-23,13-4-5-13)24-19(25)16-7-3-12(9-17(16)21)15-8-6-14(26-2)10-18(15)22/h3,6-10,13H,4-5,11,23H2,1-2H3,(H,24,25). The number of hydrogen-bond donors (Lipinski definition) is 2. The van der Waals surface area contributed by atoms with Crippen LogP contribution in [0.4, 0.5) is 8.78 Å². The molecule has 1 aliphatic rings. The van der Waals surface area contributed by atoms with Gasteiger partial charge in [0.1, 0.15) is 17.4 Å². The minimum absolute atomic E-state index is 0.0806. The van der Waals surface area contributed by atoms with Crippen LogP contribution in [0.15, 0.2) is 36.4 Å². The van der Waals surface area contributed by atoms with Crippen molar-refractivity contribution in [1.29, 1.82) is 0 Å². The van der Waals surface area contributed by atoms with E-state index in [4.69, 9.17) is 10.5 Å². The molecule has 1 amide bonds. The van der Waals surface area contributed by atoms with Gasteiger partial charge >= 0.3 is 0 Å². The van der Waals surface area contributed by atoms with Gasteiger partial charge in [-0.1, -0.05) is 6.07 Å². The summed E-state index contributed by atoms with van der Waals surface area (Å²) in [5, 5.41) is 2.85. The fourth-order valence-corrected chi connectivity index (χ4v) is 3.09. The molecule has 1 unspecified atom stereocenters. The zero-order valence-electron chi connectivity index (χ0n) is 14.8. The van der Waals surface area contributed by atoms with E-state index in [1.807, 2.05) is 6.92 Å². The van der Waals surface area contributed by atoms with Crippen LogP contribution in [0, 0.1) is 17.6 Å². The molecule has 26 heavy (non-hydrogen) atoms. The number of benzene rings is 2. The average Bonchev–Trinajstić information content (AvgIpc) is 3.46. The number of rotatable bonds is 6. The van der Waals surface area contributed by atoms with Crippen LogP contribution < -0.4 is 15.8 Å². The topological polar surface area (TPSA) is 64.3 Å². The summed E-state index contributed by atoms with van der Waals surface area (Å²) in [4.78, 5) is 12.5. The molecule has 0 bridgehead atoms. The lowest BCUT2D eigenvalue weighted by Crippen LogP contribution is -2.53. The van der Waals surface area contributed by atoms with Gasteiger partial charge in [-0.2, -0.15) is 0 Å². The molecule has 4 nitrogen and oxygen atoms in total. The summed E-state index contributed by atoms with van der Waals surface area (Å²) in [5.74, 6) is -1.03. The molecule has 2 aromatic rings. The summed E-state index contributed by atoms with van der Waals surface area (Å²) >= 11 is 0. The molecule has 0 spiro atoms. The second kappa shape index (κ2) is 7.03. The Hall–Kier alpha value is -2.47. The Morgan fingerprint density at radius 3 is 2.50 bits per heavy atom. The molecule has 1 saturated carbocycles. The van der Waals surface area contributed by atoms with Crippen LogP contribution in [0.3, 0.4) is 0 Å². The summed E-state index contributed by atoms with van der Waals surface area (Å²) in [7, 11) is 1.44. The van der Waals surface area contributed by atoms with Crippen molar-refractivity contribution in [3.63, 3.8) is 0 Å². The van der Waals surface area contributed by atoms with Crippen LogP contribution in [0.1, 0.15) is 30.1 Å². The number of amides is 1. The zero-order valence-corrected chi connectivity index (χ0v) is 14.8. The summed E-state index contributed by atoms with van der Waals surface area (Å²) < 4.78 is 33.7. The molecule has 1 atom stereocenters. The molecular weight excluding hydrogens is 338 g/mol. The maximum Gasteiger partial charge on any atom is 0.254 e. The Morgan fingerprint density at radius 2 is 1.96 bits per heavy atom. The van der Waals surface area contributed by atoms with Crippen molar-refractivity contribution >= 4 is 5.91 Å². The molecule has 6 heteroatoms. The average molecular weight is 360 g/mol. The van der Waals surface area contributed by atoms with E-state index in [0.717, 1.165) is 18.9 Å². The van der Waals surface area contributed by atoms with Gasteiger partial charge in [0.25, 0.3) is 5.91 Å². The zero-order chi connectivity index (χ0) is 18.9. The summed E-state index contributed by atoms with van der Waals surface area (Å²) in [5.41, 5.74) is 5.76. The van der Waals surface area contributed by atoms with Crippen molar-refractivity contribution in [2.45, 2.75) is 25.3 Å². The van der Waals surface area contributed by atoms with Crippen LogP contribution in [-0.2, 0) is 0 Å². The Balaban J connectivity index is 1.84. The smallest absolute Gasteiger partial charge is 0.254 e. The van der Waals surface area contributed by atoms with Crippen LogP contribution >= 0.6 is 0 Å². The van der Waals surface area contributed by atoms with Crippen LogP contribution in [0.5, 0.6) is 5.75 Å². The van der Waals surface area contributed by atoms with Gasteiger partial charge in [0.2, 0.25) is 0 Å². The van der Waals surface area contributed by atoms with E-state index in [-0.39, 0.29) is 11.1 Å². The predicted molar refractivity (Wildman–Crippen MR) is 96.0 cm³/mol. The van der Waals surface area contributed by atoms with Crippen molar-refractivity contribution in [1.82, 2.24) is 5.32 Å². The van der Waals surface area contributed by atoms with Gasteiger partial charge in [0, 0.05) is 18.2 Å². The van der Waals surface area contributed by atoms with Crippen molar-refractivity contribution in [3.8, 4) is 16.9 Å². The highest BCUT2D eigenvalue weighted by Crippen LogP contribution is 2.39. The highest BCUT2D eigenvalue weighted by molar-refractivity contribution is 5.95. The van der Waals surface area contributed by atoms with E-state index < -0.39 is 23.1 Å². The van der Waals surface area contributed by atoms with Gasteiger partial charge < -0.3 is 15.8 Å². The minimum Gasteiger partial charge on any atom is -0.497 e. The second-order valence-corrected chi connectivity index (χ2v) is 6.89. The van der Waals surface area contributed by atoms with Crippen LogP contribution in [-0.4, -0.2) is 25.1 Å². The molecule has 0 saturated heterocycles. The third kappa shape index (κ3) is 3.55. The molecule has 3 N–H and O–H groups in total. The van der Waals surface area contributed by atoms with E-state index in [1.165, 1.54) is 31.4 Å². The van der Waals surface area contributed by atoms with Gasteiger partial charge in [-0.15, -0.1) is 0 Å². The van der Waals surface area contributed by atoms with E-state index >= 15 is 0 Å². The molecule has 0 aliphatic heterocycles. The van der Waals surface area contributed by atoms with E-state index in [0.29, 0.717) is 23.8 Å². The quantitative estimate of drug-likeness (QED) is 0.829. The highest BCUT2D eigenvalue weighted by Gasteiger charge is 2.41. The number of halogens is 2. The van der Waals surface area contributed by atoms with Crippen LogP contribution in [0.2, 0.25) is 0 Å². The van der Waals surface area contributed by atoms with Gasteiger partial charge in [0.15, 0.2) is 0 Å². The van der Waals surface area contributed by atoms with E-state index in [9.17, 15) is 13.6 Å². The number of carbonyl (C=O) groups is 1. The summed E-state index contributed by atoms with van der Waals surface area (Å²) in [6.07, 6.45) is 2.01. The Kier molecular flexibility index (Phi) is 4.96. The largest absolute Gasteiger partial charge is 0.497 e. The maximum atomic E-state index is 14.5. The first kappa shape index (κ1) is 18.3. The molecule has 1 aliphatic carbocycles. The maximum absolute atomic E-state index is 14.5. The van der Waals surface area contributed by atoms with E-state index in [1.54, 1.807) is 6.07 Å². The highest BCUT2D eigenvalue weighted by atomic mass is 19.1. The van der Waals surface area contributed by atoms with Gasteiger partial charge in [-0.05, 0) is 55.5 Å². The molecule has 0 radical (unpaired) electrons. The van der Waals surface area contributed by atoms with Gasteiger partial charge in [-0.3, -0.25) is 4.79 Å². The molecule has 1 fully saturated rings. The summed E-state index contributed by atoms with van der Waals surface area (Å²) in [6, 6.07) is 8.40. The van der Waals surface area contributed by atoms with E-state index in [2.05, 4.69) is 5.32 Å². The summed E-state index contributed by atoms with van der Waals surface area (Å²) in [6.45, 7) is 2.17. The first-order valence-electron chi connectivity index (χ1n) is 8.54. The second-order valence-electron chi connectivity index (χ2n) is 6.89. The molecule has 138 valence electrons. The third-order valence-corrected chi connectivity index (χ3v) is 5.00. The van der Waals surface area contributed by atoms with Crippen molar-refractivity contribution in [2.75, 3.05) is 13.7 Å². The predicted octanol–water partition coefficient (Wildman–Crippen LogP) is 3.50. The Morgan fingerprint density at radius 1 is 1.23 bits per heavy atom. The van der Waals surface area contributed by atoms with Crippen molar-refractivity contribution in [2.24, 2.45) is 11.7 Å². The third-order valence-electron chi connectivity index (χ3n) is 5.00. The van der Waals surface area contributed by atoms with Gasteiger partial charge in [-0.25, -0.2) is 8.78 Å². The SMILES string of the molecule is COc1ccc(-c2ccc(C(=O)NC(C)(CN)C3CC3)c(F)c2)c(F)c1. The van der Waals surface area contributed by atoms with Crippen molar-refractivity contribution in [3.05, 3.63) is 53.6 Å². The van der Waals surface area contributed by atoms with Crippen molar-refractivity contribution < 1.29 is 18.3 Å². The Bertz CT molecular complexity index is 837. The molecular formula is C20H22F2N2O2. The van der Waals surface area contributed by atoms with Crippen LogP contribution in [0.25, 0.3) is 11.1 Å². The number of ether oxygens (including phenoxy) is 1. The lowest BCUT2D eigenvalue weighted by atomic mass is 9.95. The number of nitrogens with one attached hydrogen (secondary N) is 1. The lowest BCUT2D eigenvalue weighted by Gasteiger charge is -2.29. The normalized spacial score (nSPS) is 16.0. The fourth-order valence-electron chi connectivity index (χ4n) is 3.09. The minimum atomic E-state index is -0.703.